The van der Waals surface area contributed by atoms with Crippen LogP contribution in [0.4, 0.5) is 15.8 Å². The molecule has 0 aliphatic rings. The molecule has 0 saturated carbocycles. The number of halogens is 2. The van der Waals surface area contributed by atoms with E-state index in [4.69, 9.17) is 5.26 Å². The van der Waals surface area contributed by atoms with Crippen molar-refractivity contribution >= 4 is 27.3 Å². The number of nitriles is 1. The normalized spacial score (nSPS) is 9.89. The highest BCUT2D eigenvalue weighted by atomic mass is 79.9. The second-order valence-corrected chi connectivity index (χ2v) is 4.77. The molecule has 18 heavy (non-hydrogen) atoms. The first kappa shape index (κ1) is 12.6. The van der Waals surface area contributed by atoms with Crippen molar-refractivity contribution in [3.8, 4) is 6.07 Å². The van der Waals surface area contributed by atoms with Crippen LogP contribution in [0.3, 0.4) is 0 Å². The van der Waals surface area contributed by atoms with Crippen LogP contribution in [-0.2, 0) is 0 Å². The second kappa shape index (κ2) is 5.19. The lowest BCUT2D eigenvalue weighted by Gasteiger charge is -2.09. The van der Waals surface area contributed by atoms with Crippen molar-refractivity contribution in [3.05, 3.63) is 57.8 Å². The third kappa shape index (κ3) is 2.69. The third-order valence-electron chi connectivity index (χ3n) is 2.49. The number of nitrogens with zero attached hydrogens (tertiary/aromatic N) is 1. The maximum absolute atomic E-state index is 13.4. The number of hydrogen-bond donors (Lipinski definition) is 1. The average molecular weight is 305 g/mol. The molecule has 2 rings (SSSR count). The summed E-state index contributed by atoms with van der Waals surface area (Å²) < 4.78 is 14.4. The molecule has 4 heteroatoms. The molecule has 2 nitrogen and oxygen atoms in total. The Balaban J connectivity index is 2.29. The number of hydrogen-bond acceptors (Lipinski definition) is 2. The lowest BCUT2D eigenvalue weighted by molar-refractivity contribution is 0.624. The Bertz CT molecular complexity index is 632. The van der Waals surface area contributed by atoms with E-state index in [2.05, 4.69) is 21.2 Å². The zero-order valence-electron chi connectivity index (χ0n) is 9.67. The second-order valence-electron chi connectivity index (χ2n) is 3.91. The Morgan fingerprint density at radius 3 is 2.61 bits per heavy atom. The standard InChI is InChI=1S/C14H10BrFN2/c1-9-2-5-14(12(15)6-9)18-11-4-3-10(8-17)13(16)7-11/h2-7,18H,1H3. The topological polar surface area (TPSA) is 35.8 Å². The van der Waals surface area contributed by atoms with Crippen LogP contribution in [0.25, 0.3) is 0 Å². The van der Waals surface area contributed by atoms with E-state index >= 15 is 0 Å². The smallest absolute Gasteiger partial charge is 0.143 e. The molecule has 0 aliphatic heterocycles. The molecule has 0 aliphatic carbocycles. The van der Waals surface area contributed by atoms with Crippen LogP contribution in [0.1, 0.15) is 11.1 Å². The Morgan fingerprint density at radius 1 is 1.22 bits per heavy atom. The molecule has 0 atom stereocenters. The van der Waals surface area contributed by atoms with Gasteiger partial charge < -0.3 is 5.32 Å². The molecule has 0 fully saturated rings. The molecule has 2 aromatic carbocycles. The van der Waals surface area contributed by atoms with Crippen molar-refractivity contribution in [3.63, 3.8) is 0 Å². The summed E-state index contributed by atoms with van der Waals surface area (Å²) in [6.45, 7) is 2.00. The third-order valence-corrected chi connectivity index (χ3v) is 3.15. The molecule has 0 spiro atoms. The number of aryl methyl sites for hydroxylation is 1. The fourth-order valence-corrected chi connectivity index (χ4v) is 2.15. The van der Waals surface area contributed by atoms with Gasteiger partial charge in [-0.05, 0) is 58.7 Å². The van der Waals surface area contributed by atoms with E-state index in [1.165, 1.54) is 12.1 Å². The highest BCUT2D eigenvalue weighted by Gasteiger charge is 2.04. The molecule has 1 N–H and O–H groups in total. The number of anilines is 2. The minimum atomic E-state index is -0.522. The van der Waals surface area contributed by atoms with E-state index in [9.17, 15) is 4.39 Å². The lowest BCUT2D eigenvalue weighted by atomic mass is 10.2. The first-order valence-corrected chi connectivity index (χ1v) is 6.12. The van der Waals surface area contributed by atoms with Gasteiger partial charge in [0.15, 0.2) is 0 Å². The number of nitrogens with one attached hydrogen (secondary N) is 1. The van der Waals surface area contributed by atoms with Gasteiger partial charge in [0.05, 0.1) is 11.3 Å². The fourth-order valence-electron chi connectivity index (χ4n) is 1.56. The SMILES string of the molecule is Cc1ccc(Nc2ccc(C#N)c(F)c2)c(Br)c1. The van der Waals surface area contributed by atoms with E-state index in [-0.39, 0.29) is 5.56 Å². The van der Waals surface area contributed by atoms with Gasteiger partial charge in [-0.2, -0.15) is 5.26 Å². The quantitative estimate of drug-likeness (QED) is 0.886. The lowest BCUT2D eigenvalue weighted by Crippen LogP contribution is -1.93. The highest BCUT2D eigenvalue weighted by Crippen LogP contribution is 2.27. The molecule has 90 valence electrons. The van der Waals surface area contributed by atoms with Gasteiger partial charge >= 0.3 is 0 Å². The van der Waals surface area contributed by atoms with Crippen LogP contribution in [0.15, 0.2) is 40.9 Å². The van der Waals surface area contributed by atoms with E-state index in [1.807, 2.05) is 25.1 Å². The molecule has 0 heterocycles. The number of benzene rings is 2. The first-order chi connectivity index (χ1) is 8.60. The molecule has 0 aromatic heterocycles. The summed E-state index contributed by atoms with van der Waals surface area (Å²) in [6.07, 6.45) is 0. The Hall–Kier alpha value is -1.86. The summed E-state index contributed by atoms with van der Waals surface area (Å²) in [6, 6.07) is 12.1. The molecule has 0 bridgehead atoms. The molecule has 0 saturated heterocycles. The number of rotatable bonds is 2. The van der Waals surface area contributed by atoms with Crippen molar-refractivity contribution in [2.24, 2.45) is 0 Å². The van der Waals surface area contributed by atoms with Crippen LogP contribution in [0.5, 0.6) is 0 Å². The molecule has 0 radical (unpaired) electrons. The largest absolute Gasteiger partial charge is 0.355 e. The van der Waals surface area contributed by atoms with Gasteiger partial charge in [0.1, 0.15) is 11.9 Å². The summed E-state index contributed by atoms with van der Waals surface area (Å²) in [5.41, 5.74) is 2.64. The van der Waals surface area contributed by atoms with Crippen molar-refractivity contribution in [2.45, 2.75) is 6.92 Å². The predicted octanol–water partition coefficient (Wildman–Crippen LogP) is 4.51. The monoisotopic (exact) mass is 304 g/mol. The minimum absolute atomic E-state index is 0.0449. The summed E-state index contributed by atoms with van der Waals surface area (Å²) in [7, 11) is 0. The maximum atomic E-state index is 13.4. The zero-order chi connectivity index (χ0) is 13.1. The Labute approximate surface area is 113 Å². The van der Waals surface area contributed by atoms with Crippen LogP contribution in [-0.4, -0.2) is 0 Å². The van der Waals surface area contributed by atoms with Gasteiger partial charge in [0.2, 0.25) is 0 Å². The first-order valence-electron chi connectivity index (χ1n) is 5.33. The van der Waals surface area contributed by atoms with Crippen molar-refractivity contribution in [1.82, 2.24) is 0 Å². The van der Waals surface area contributed by atoms with Gasteiger partial charge in [0.25, 0.3) is 0 Å². The van der Waals surface area contributed by atoms with Gasteiger partial charge in [-0.25, -0.2) is 4.39 Å². The summed E-state index contributed by atoms with van der Waals surface area (Å²) in [5.74, 6) is -0.522. The summed E-state index contributed by atoms with van der Waals surface area (Å²) in [5, 5.41) is 11.8. The molecular formula is C14H10BrFN2. The average Bonchev–Trinajstić information content (AvgIpc) is 2.33. The van der Waals surface area contributed by atoms with Crippen LogP contribution in [0, 0.1) is 24.1 Å². The molecule has 0 unspecified atom stereocenters. The van der Waals surface area contributed by atoms with E-state index in [0.29, 0.717) is 5.69 Å². The molecule has 0 amide bonds. The summed E-state index contributed by atoms with van der Waals surface area (Å²) >= 11 is 3.44. The minimum Gasteiger partial charge on any atom is -0.355 e. The Morgan fingerprint density at radius 2 is 2.00 bits per heavy atom. The van der Waals surface area contributed by atoms with E-state index in [0.717, 1.165) is 15.7 Å². The van der Waals surface area contributed by atoms with Crippen LogP contribution < -0.4 is 5.32 Å². The van der Waals surface area contributed by atoms with Crippen molar-refractivity contribution in [2.75, 3.05) is 5.32 Å². The zero-order valence-corrected chi connectivity index (χ0v) is 11.3. The fraction of sp³-hybridized carbons (Fsp3) is 0.0714. The van der Waals surface area contributed by atoms with E-state index < -0.39 is 5.82 Å². The molecular weight excluding hydrogens is 295 g/mol. The maximum Gasteiger partial charge on any atom is 0.143 e. The van der Waals surface area contributed by atoms with Gasteiger partial charge in [0, 0.05) is 10.2 Å². The van der Waals surface area contributed by atoms with Crippen molar-refractivity contribution in [1.29, 1.82) is 5.26 Å². The van der Waals surface area contributed by atoms with Gasteiger partial charge in [-0.1, -0.05) is 6.07 Å². The van der Waals surface area contributed by atoms with E-state index in [1.54, 1.807) is 12.1 Å². The van der Waals surface area contributed by atoms with Gasteiger partial charge in [-0.3, -0.25) is 0 Å². The Kier molecular flexibility index (Phi) is 3.63. The van der Waals surface area contributed by atoms with Crippen LogP contribution >= 0.6 is 15.9 Å². The molecule has 2 aromatic rings. The predicted molar refractivity (Wildman–Crippen MR) is 73.3 cm³/mol. The van der Waals surface area contributed by atoms with Crippen molar-refractivity contribution < 1.29 is 4.39 Å². The van der Waals surface area contributed by atoms with Gasteiger partial charge in [-0.15, -0.1) is 0 Å². The summed E-state index contributed by atoms with van der Waals surface area (Å²) in [4.78, 5) is 0. The highest BCUT2D eigenvalue weighted by molar-refractivity contribution is 9.10. The van der Waals surface area contributed by atoms with Crippen LogP contribution in [0.2, 0.25) is 0 Å².